The van der Waals surface area contributed by atoms with Crippen LogP contribution in [0.3, 0.4) is 0 Å². The van der Waals surface area contributed by atoms with Crippen molar-refractivity contribution in [3.63, 3.8) is 0 Å². The molecule has 0 aromatic carbocycles. The number of hydrogen-bond acceptors (Lipinski definition) is 3. The molecule has 1 aromatic heterocycles. The van der Waals surface area contributed by atoms with Crippen molar-refractivity contribution >= 4 is 11.8 Å². The Morgan fingerprint density at radius 3 is 2.83 bits per heavy atom. The van der Waals surface area contributed by atoms with Gasteiger partial charge in [0.05, 0.1) is 16.3 Å². The molecule has 0 saturated heterocycles. The lowest BCUT2D eigenvalue weighted by Gasteiger charge is -1.99. The Kier molecular flexibility index (Phi) is 3.12. The fourth-order valence-corrected chi connectivity index (χ4v) is 1.55. The number of aryl methyl sites for hydroxylation is 1. The molecule has 0 spiro atoms. The molecule has 0 saturated carbocycles. The standard InChI is InChI=1S/C9H10N2S/c1-3-12-9-5-4-8(6-10)7(2)11-9/h4-5H,3H2,1-2H3. The third-order valence-corrected chi connectivity index (χ3v) is 2.28. The molecule has 1 rings (SSSR count). The number of nitriles is 1. The maximum Gasteiger partial charge on any atom is 0.101 e. The first-order valence-electron chi connectivity index (χ1n) is 3.78. The average Bonchev–Trinajstić information content (AvgIpc) is 2.05. The van der Waals surface area contributed by atoms with E-state index in [1.165, 1.54) is 0 Å². The van der Waals surface area contributed by atoms with Crippen LogP contribution in [-0.4, -0.2) is 10.7 Å². The molecule has 0 atom stereocenters. The van der Waals surface area contributed by atoms with Crippen LogP contribution in [0.25, 0.3) is 0 Å². The van der Waals surface area contributed by atoms with Crippen LogP contribution in [0.4, 0.5) is 0 Å². The third-order valence-electron chi connectivity index (χ3n) is 1.47. The molecule has 62 valence electrons. The second kappa shape index (κ2) is 4.13. The summed E-state index contributed by atoms with van der Waals surface area (Å²) in [5.41, 5.74) is 1.48. The highest BCUT2D eigenvalue weighted by Gasteiger charge is 1.99. The SMILES string of the molecule is CCSc1ccc(C#N)c(C)n1. The molecule has 0 amide bonds. The largest absolute Gasteiger partial charge is 0.245 e. The zero-order valence-corrected chi connectivity index (χ0v) is 7.98. The summed E-state index contributed by atoms with van der Waals surface area (Å²) in [6, 6.07) is 5.80. The normalized spacial score (nSPS) is 9.42. The zero-order valence-electron chi connectivity index (χ0n) is 7.16. The topological polar surface area (TPSA) is 36.7 Å². The van der Waals surface area contributed by atoms with Gasteiger partial charge in [-0.25, -0.2) is 4.98 Å². The maximum atomic E-state index is 8.64. The molecule has 1 heterocycles. The quantitative estimate of drug-likeness (QED) is 0.652. The fraction of sp³-hybridized carbons (Fsp3) is 0.333. The lowest BCUT2D eigenvalue weighted by atomic mass is 10.2. The summed E-state index contributed by atoms with van der Waals surface area (Å²) < 4.78 is 0. The predicted octanol–water partition coefficient (Wildman–Crippen LogP) is 2.37. The van der Waals surface area contributed by atoms with Gasteiger partial charge in [0.15, 0.2) is 0 Å². The van der Waals surface area contributed by atoms with E-state index in [1.54, 1.807) is 11.8 Å². The van der Waals surface area contributed by atoms with E-state index in [4.69, 9.17) is 5.26 Å². The average molecular weight is 178 g/mol. The van der Waals surface area contributed by atoms with Gasteiger partial charge in [-0.2, -0.15) is 5.26 Å². The summed E-state index contributed by atoms with van der Waals surface area (Å²) >= 11 is 1.69. The molecule has 2 nitrogen and oxygen atoms in total. The summed E-state index contributed by atoms with van der Waals surface area (Å²) in [5.74, 6) is 1.01. The van der Waals surface area contributed by atoms with Crippen LogP contribution < -0.4 is 0 Å². The van der Waals surface area contributed by atoms with Crippen molar-refractivity contribution in [2.45, 2.75) is 18.9 Å². The summed E-state index contributed by atoms with van der Waals surface area (Å²) in [5, 5.41) is 9.64. The summed E-state index contributed by atoms with van der Waals surface area (Å²) in [4.78, 5) is 4.27. The van der Waals surface area contributed by atoms with E-state index in [1.807, 2.05) is 19.1 Å². The lowest BCUT2D eigenvalue weighted by molar-refractivity contribution is 1.05. The van der Waals surface area contributed by atoms with Crippen LogP contribution in [0.1, 0.15) is 18.2 Å². The van der Waals surface area contributed by atoms with Crippen molar-refractivity contribution in [2.24, 2.45) is 0 Å². The van der Waals surface area contributed by atoms with E-state index in [-0.39, 0.29) is 0 Å². The number of aromatic nitrogens is 1. The van der Waals surface area contributed by atoms with Crippen LogP contribution >= 0.6 is 11.8 Å². The second-order valence-corrected chi connectivity index (χ2v) is 3.61. The van der Waals surface area contributed by atoms with Crippen molar-refractivity contribution in [1.29, 1.82) is 5.26 Å². The van der Waals surface area contributed by atoms with E-state index in [9.17, 15) is 0 Å². The van der Waals surface area contributed by atoms with Crippen molar-refractivity contribution < 1.29 is 0 Å². The van der Waals surface area contributed by atoms with E-state index in [0.717, 1.165) is 16.5 Å². The van der Waals surface area contributed by atoms with Crippen molar-refractivity contribution in [2.75, 3.05) is 5.75 Å². The van der Waals surface area contributed by atoms with Gasteiger partial charge >= 0.3 is 0 Å². The fourth-order valence-electron chi connectivity index (χ4n) is 0.884. The molecule has 0 aliphatic heterocycles. The number of pyridine rings is 1. The molecule has 0 bridgehead atoms. The Morgan fingerprint density at radius 1 is 1.58 bits per heavy atom. The first-order chi connectivity index (χ1) is 5.77. The Labute approximate surface area is 76.6 Å². The minimum Gasteiger partial charge on any atom is -0.245 e. The van der Waals surface area contributed by atoms with Gasteiger partial charge in [-0.1, -0.05) is 6.92 Å². The summed E-state index contributed by atoms with van der Waals surface area (Å²) in [7, 11) is 0. The molecule has 0 fully saturated rings. The van der Waals surface area contributed by atoms with E-state index >= 15 is 0 Å². The van der Waals surface area contributed by atoms with Crippen LogP contribution in [-0.2, 0) is 0 Å². The molecule has 0 unspecified atom stereocenters. The zero-order chi connectivity index (χ0) is 8.97. The van der Waals surface area contributed by atoms with Crippen molar-refractivity contribution in [3.8, 4) is 6.07 Å². The van der Waals surface area contributed by atoms with Crippen LogP contribution in [0, 0.1) is 18.3 Å². The van der Waals surface area contributed by atoms with Crippen LogP contribution in [0.5, 0.6) is 0 Å². The minimum absolute atomic E-state index is 0.662. The van der Waals surface area contributed by atoms with Gasteiger partial charge in [0.25, 0.3) is 0 Å². The van der Waals surface area contributed by atoms with Gasteiger partial charge in [-0.3, -0.25) is 0 Å². The Morgan fingerprint density at radius 2 is 2.33 bits per heavy atom. The molecule has 0 aliphatic rings. The first-order valence-corrected chi connectivity index (χ1v) is 4.77. The molecule has 0 N–H and O–H groups in total. The molecular weight excluding hydrogens is 168 g/mol. The molecule has 12 heavy (non-hydrogen) atoms. The van der Waals surface area contributed by atoms with Gasteiger partial charge in [-0.15, -0.1) is 11.8 Å². The van der Waals surface area contributed by atoms with Crippen LogP contribution in [0.2, 0.25) is 0 Å². The van der Waals surface area contributed by atoms with Crippen LogP contribution in [0.15, 0.2) is 17.2 Å². The first kappa shape index (κ1) is 9.08. The minimum atomic E-state index is 0.662. The predicted molar refractivity (Wildman–Crippen MR) is 50.1 cm³/mol. The van der Waals surface area contributed by atoms with E-state index < -0.39 is 0 Å². The highest BCUT2D eigenvalue weighted by atomic mass is 32.2. The summed E-state index contributed by atoms with van der Waals surface area (Å²) in [6.07, 6.45) is 0. The second-order valence-electron chi connectivity index (χ2n) is 2.33. The Balaban J connectivity index is 2.96. The van der Waals surface area contributed by atoms with Gasteiger partial charge in [0.1, 0.15) is 6.07 Å². The highest BCUT2D eigenvalue weighted by Crippen LogP contribution is 2.16. The summed E-state index contributed by atoms with van der Waals surface area (Å²) in [6.45, 7) is 3.94. The maximum absolute atomic E-state index is 8.64. The van der Waals surface area contributed by atoms with Gasteiger partial charge in [0.2, 0.25) is 0 Å². The van der Waals surface area contributed by atoms with E-state index in [0.29, 0.717) is 5.56 Å². The monoisotopic (exact) mass is 178 g/mol. The van der Waals surface area contributed by atoms with E-state index in [2.05, 4.69) is 18.0 Å². The molecule has 1 aromatic rings. The number of nitrogens with zero attached hydrogens (tertiary/aromatic N) is 2. The highest BCUT2D eigenvalue weighted by molar-refractivity contribution is 7.99. The Bertz CT molecular complexity index is 315. The number of rotatable bonds is 2. The van der Waals surface area contributed by atoms with Crippen molar-refractivity contribution in [1.82, 2.24) is 4.98 Å². The Hall–Kier alpha value is -1.01. The molecule has 3 heteroatoms. The van der Waals surface area contributed by atoms with Gasteiger partial charge < -0.3 is 0 Å². The number of thioether (sulfide) groups is 1. The molecule has 0 aliphatic carbocycles. The lowest BCUT2D eigenvalue weighted by Crippen LogP contribution is -1.89. The van der Waals surface area contributed by atoms with Gasteiger partial charge in [0, 0.05) is 0 Å². The molecule has 0 radical (unpaired) electrons. The molecular formula is C9H10N2S. The smallest absolute Gasteiger partial charge is 0.101 e. The van der Waals surface area contributed by atoms with Crippen molar-refractivity contribution in [3.05, 3.63) is 23.4 Å². The third kappa shape index (κ3) is 1.99. The number of hydrogen-bond donors (Lipinski definition) is 0. The van der Waals surface area contributed by atoms with Gasteiger partial charge in [-0.05, 0) is 24.8 Å².